The Morgan fingerprint density at radius 3 is 2.65 bits per heavy atom. The van der Waals surface area contributed by atoms with Gasteiger partial charge in [0.05, 0.1) is 6.54 Å². The van der Waals surface area contributed by atoms with Crippen LogP contribution in [0.3, 0.4) is 0 Å². The molecule has 1 fully saturated rings. The first-order chi connectivity index (χ1) is 15.1. The molecule has 0 radical (unpaired) electrons. The highest BCUT2D eigenvalue weighted by Crippen LogP contribution is 2.24. The number of fused-ring (bicyclic) bond motifs is 1. The van der Waals surface area contributed by atoms with Gasteiger partial charge in [0.25, 0.3) is 5.56 Å². The molecule has 1 N–H and O–H groups in total. The molecule has 3 aromatic rings. The van der Waals surface area contributed by atoms with Crippen LogP contribution in [0, 0.1) is 0 Å². The molecule has 1 aliphatic heterocycles. The Bertz CT molecular complexity index is 1130. The van der Waals surface area contributed by atoms with Crippen LogP contribution in [0.15, 0.2) is 39.9 Å². The Hall–Kier alpha value is -2.67. The Morgan fingerprint density at radius 2 is 1.90 bits per heavy atom. The fraction of sp³-hybridized carbons (Fsp3) is 0.542. The Kier molecular flexibility index (Phi) is 6.70. The number of aryl methyl sites for hydroxylation is 2. The average Bonchev–Trinajstić information content (AvgIpc) is 3.14. The lowest BCUT2D eigenvalue weighted by molar-refractivity contribution is 0.134. The predicted molar refractivity (Wildman–Crippen MR) is 123 cm³/mol. The van der Waals surface area contributed by atoms with Gasteiger partial charge >= 0.3 is 5.69 Å². The van der Waals surface area contributed by atoms with Crippen molar-refractivity contribution >= 4 is 11.2 Å². The number of H-pyrrole nitrogens is 1. The van der Waals surface area contributed by atoms with E-state index < -0.39 is 0 Å². The van der Waals surface area contributed by atoms with Gasteiger partial charge in [-0.2, -0.15) is 0 Å². The molecule has 0 spiro atoms. The normalized spacial score (nSPS) is 17.4. The summed E-state index contributed by atoms with van der Waals surface area (Å²) >= 11 is 0. The largest absolute Gasteiger partial charge is 0.330 e. The Morgan fingerprint density at radius 1 is 1.10 bits per heavy atom. The number of hydrogen-bond donors (Lipinski definition) is 1. The van der Waals surface area contributed by atoms with Gasteiger partial charge in [-0.05, 0) is 44.7 Å². The van der Waals surface area contributed by atoms with Crippen molar-refractivity contribution in [2.24, 2.45) is 0 Å². The van der Waals surface area contributed by atoms with Crippen molar-refractivity contribution in [1.82, 2.24) is 24.0 Å². The molecule has 7 heteroatoms. The lowest BCUT2D eigenvalue weighted by Crippen LogP contribution is -2.41. The van der Waals surface area contributed by atoms with Crippen molar-refractivity contribution in [1.29, 1.82) is 0 Å². The van der Waals surface area contributed by atoms with Crippen LogP contribution in [-0.4, -0.2) is 36.6 Å². The Balaban J connectivity index is 1.69. The molecule has 0 amide bonds. The maximum Gasteiger partial charge on any atom is 0.330 e. The maximum absolute atomic E-state index is 12.7. The highest BCUT2D eigenvalue weighted by Gasteiger charge is 2.26. The number of imidazole rings is 1. The van der Waals surface area contributed by atoms with Gasteiger partial charge in [0.15, 0.2) is 11.2 Å². The number of nitrogens with one attached hydrogen (secondary N) is 1. The van der Waals surface area contributed by atoms with Crippen LogP contribution in [0.2, 0.25) is 0 Å². The first-order valence-corrected chi connectivity index (χ1v) is 11.6. The summed E-state index contributed by atoms with van der Waals surface area (Å²) in [5.41, 5.74) is 1.69. The number of hydrogen-bond acceptors (Lipinski definition) is 4. The third-order valence-electron chi connectivity index (χ3n) is 6.42. The summed E-state index contributed by atoms with van der Waals surface area (Å²) in [6.07, 6.45) is 6.47. The number of aromatic nitrogens is 4. The molecular weight excluding hydrogens is 390 g/mol. The zero-order valence-corrected chi connectivity index (χ0v) is 18.6. The molecule has 1 atom stereocenters. The number of unbranched alkanes of at least 4 members (excludes halogenated alkanes) is 1. The van der Waals surface area contributed by atoms with Crippen LogP contribution in [0.5, 0.6) is 0 Å². The monoisotopic (exact) mass is 423 g/mol. The van der Waals surface area contributed by atoms with Gasteiger partial charge in [0.1, 0.15) is 5.82 Å². The summed E-state index contributed by atoms with van der Waals surface area (Å²) in [5, 5.41) is 0. The molecule has 7 nitrogen and oxygen atoms in total. The van der Waals surface area contributed by atoms with Crippen molar-refractivity contribution in [3.8, 4) is 0 Å². The summed E-state index contributed by atoms with van der Waals surface area (Å²) in [4.78, 5) is 35.0. The molecule has 1 aromatic carbocycles. The second-order valence-electron chi connectivity index (χ2n) is 8.52. The standard InChI is InChI=1S/C24H33N5O2/c1-3-5-15-29-22-21(23(30)26-24(29)31)28(4-2)20(25-22)17-27-14-10-9-13-19(27)16-18-11-7-6-8-12-18/h6-8,11-12,19H,3-5,9-10,13-17H2,1-2H3,(H,26,30,31). The molecule has 31 heavy (non-hydrogen) atoms. The quantitative estimate of drug-likeness (QED) is 0.603. The van der Waals surface area contributed by atoms with Crippen LogP contribution in [0.4, 0.5) is 0 Å². The summed E-state index contributed by atoms with van der Waals surface area (Å²) < 4.78 is 3.62. The number of piperidine rings is 1. The number of nitrogens with zero attached hydrogens (tertiary/aromatic N) is 4. The van der Waals surface area contributed by atoms with E-state index in [0.29, 0.717) is 36.8 Å². The molecular formula is C24H33N5O2. The van der Waals surface area contributed by atoms with Gasteiger partial charge in [0.2, 0.25) is 0 Å². The zero-order valence-electron chi connectivity index (χ0n) is 18.6. The fourth-order valence-electron chi connectivity index (χ4n) is 4.77. The topological polar surface area (TPSA) is 75.9 Å². The first kappa shape index (κ1) is 21.6. The fourth-order valence-corrected chi connectivity index (χ4v) is 4.77. The lowest BCUT2D eigenvalue weighted by atomic mass is 9.95. The summed E-state index contributed by atoms with van der Waals surface area (Å²) in [7, 11) is 0. The highest BCUT2D eigenvalue weighted by molar-refractivity contribution is 5.71. The molecule has 0 saturated carbocycles. The molecule has 0 aliphatic carbocycles. The van der Waals surface area contributed by atoms with Crippen LogP contribution in [0.1, 0.15) is 57.3 Å². The van der Waals surface area contributed by atoms with Crippen molar-refractivity contribution in [2.75, 3.05) is 6.54 Å². The van der Waals surface area contributed by atoms with E-state index in [4.69, 9.17) is 4.98 Å². The van der Waals surface area contributed by atoms with Gasteiger partial charge in [-0.1, -0.05) is 50.1 Å². The molecule has 1 unspecified atom stereocenters. The molecule has 166 valence electrons. The zero-order chi connectivity index (χ0) is 21.8. The molecule has 2 aromatic heterocycles. The minimum atomic E-state index is -0.363. The Labute approximate surface area is 182 Å². The van der Waals surface area contributed by atoms with E-state index in [9.17, 15) is 9.59 Å². The summed E-state index contributed by atoms with van der Waals surface area (Å²) in [6, 6.07) is 11.1. The van der Waals surface area contributed by atoms with Gasteiger partial charge in [-0.15, -0.1) is 0 Å². The highest BCUT2D eigenvalue weighted by atomic mass is 16.2. The minimum Gasteiger partial charge on any atom is -0.321 e. The van der Waals surface area contributed by atoms with E-state index in [1.54, 1.807) is 4.57 Å². The second-order valence-corrected chi connectivity index (χ2v) is 8.52. The molecule has 1 saturated heterocycles. The van der Waals surface area contributed by atoms with Gasteiger partial charge in [0, 0.05) is 19.1 Å². The lowest BCUT2D eigenvalue weighted by Gasteiger charge is -2.35. The molecule has 4 rings (SSSR count). The SMILES string of the molecule is CCCCn1c(=O)[nH]c(=O)c2c1nc(CN1CCCCC1Cc1ccccc1)n2CC. The van der Waals surface area contributed by atoms with E-state index in [1.807, 2.05) is 11.5 Å². The summed E-state index contributed by atoms with van der Waals surface area (Å²) in [5.74, 6) is 0.874. The molecule has 0 bridgehead atoms. The smallest absolute Gasteiger partial charge is 0.321 e. The third kappa shape index (κ3) is 4.51. The van der Waals surface area contributed by atoms with Crippen molar-refractivity contribution < 1.29 is 0 Å². The molecule has 1 aliphatic rings. The van der Waals surface area contributed by atoms with Crippen molar-refractivity contribution in [3.05, 3.63) is 62.6 Å². The summed E-state index contributed by atoms with van der Waals surface area (Å²) in [6.45, 7) is 7.07. The van der Waals surface area contributed by atoms with E-state index in [-0.39, 0.29) is 11.2 Å². The number of benzene rings is 1. The molecule has 3 heterocycles. The number of likely N-dealkylation sites (tertiary alicyclic amines) is 1. The van der Waals surface area contributed by atoms with E-state index >= 15 is 0 Å². The van der Waals surface area contributed by atoms with Gasteiger partial charge < -0.3 is 4.57 Å². The van der Waals surface area contributed by atoms with Crippen LogP contribution in [-0.2, 0) is 26.1 Å². The predicted octanol–water partition coefficient (Wildman–Crippen LogP) is 3.30. The minimum absolute atomic E-state index is 0.340. The first-order valence-electron chi connectivity index (χ1n) is 11.6. The van der Waals surface area contributed by atoms with Crippen LogP contribution >= 0.6 is 0 Å². The van der Waals surface area contributed by atoms with Crippen LogP contribution in [0.25, 0.3) is 11.2 Å². The third-order valence-corrected chi connectivity index (χ3v) is 6.42. The number of rotatable bonds is 8. The van der Waals surface area contributed by atoms with E-state index in [2.05, 4.69) is 47.1 Å². The van der Waals surface area contributed by atoms with E-state index in [0.717, 1.165) is 31.6 Å². The van der Waals surface area contributed by atoms with E-state index in [1.165, 1.54) is 24.8 Å². The second kappa shape index (κ2) is 9.64. The van der Waals surface area contributed by atoms with Crippen LogP contribution < -0.4 is 11.2 Å². The maximum atomic E-state index is 12.7. The van der Waals surface area contributed by atoms with Crippen molar-refractivity contribution in [3.63, 3.8) is 0 Å². The van der Waals surface area contributed by atoms with Gasteiger partial charge in [-0.3, -0.25) is 19.2 Å². The van der Waals surface area contributed by atoms with Crippen molar-refractivity contribution in [2.45, 2.75) is 78.0 Å². The van der Waals surface area contributed by atoms with Gasteiger partial charge in [-0.25, -0.2) is 9.78 Å². The number of aromatic amines is 1. The average molecular weight is 424 g/mol.